The van der Waals surface area contributed by atoms with E-state index in [1.165, 1.54) is 56.9 Å². The summed E-state index contributed by atoms with van der Waals surface area (Å²) < 4.78 is 3.05. The number of carbonyl (C=O) groups excluding carboxylic acids is 1. The number of nitrogens with zero attached hydrogens (tertiary/aromatic N) is 5. The maximum atomic E-state index is 13.7. The molecule has 1 amide bonds. The van der Waals surface area contributed by atoms with E-state index in [9.17, 15) is 4.79 Å². The molecule has 2 saturated heterocycles. The summed E-state index contributed by atoms with van der Waals surface area (Å²) in [6, 6.07) is 9.87. The van der Waals surface area contributed by atoms with Gasteiger partial charge in [-0.3, -0.25) is 9.52 Å². The van der Waals surface area contributed by atoms with E-state index in [-0.39, 0.29) is 11.4 Å². The molecular formula is C36H51N7OS. The van der Waals surface area contributed by atoms with E-state index >= 15 is 0 Å². The number of pyridine rings is 2. The van der Waals surface area contributed by atoms with Gasteiger partial charge in [-0.05, 0) is 106 Å². The lowest BCUT2D eigenvalue weighted by Gasteiger charge is -2.46. The van der Waals surface area contributed by atoms with Crippen LogP contribution in [0.1, 0.15) is 95.3 Å². The number of anilines is 3. The van der Waals surface area contributed by atoms with Crippen LogP contribution in [0.2, 0.25) is 0 Å². The standard InChI is InChI=1S/C36H51N7OS/c1-25-41(17-15-36(4)22-26-8-5-9-27(20-26)23-36)18-19-42(25)31-14-13-29-33(39-31)43-24-28(21-35(43,2)3)10-7-16-37-30-11-6-12-32(38-30)45-40-34(29)44/h6,11-14,26-28H,1,5,7-10,15-24H2,2-4H3,(H,37,38)(H,40,44). The Morgan fingerprint density at radius 1 is 0.978 bits per heavy atom. The molecule has 2 aliphatic carbocycles. The Labute approximate surface area is 273 Å². The maximum Gasteiger partial charge on any atom is 0.265 e. The first-order valence-corrected chi connectivity index (χ1v) is 18.2. The first-order chi connectivity index (χ1) is 21.7. The highest BCUT2D eigenvalue weighted by molar-refractivity contribution is 7.97. The predicted octanol–water partition coefficient (Wildman–Crippen LogP) is 7.31. The second-order valence-corrected chi connectivity index (χ2v) is 16.2. The summed E-state index contributed by atoms with van der Waals surface area (Å²) in [6.07, 6.45) is 13.1. The van der Waals surface area contributed by atoms with Gasteiger partial charge in [0, 0.05) is 50.2 Å². The third-order valence-electron chi connectivity index (χ3n) is 11.4. The minimum atomic E-state index is -0.143. The van der Waals surface area contributed by atoms with E-state index in [4.69, 9.17) is 4.98 Å². The fourth-order valence-corrected chi connectivity index (χ4v) is 9.85. The molecule has 4 fully saturated rings. The Kier molecular flexibility index (Phi) is 8.42. The first kappa shape index (κ1) is 30.7. The van der Waals surface area contributed by atoms with Gasteiger partial charge in [0.15, 0.2) is 0 Å². The number of fused-ring (bicyclic) bond motifs is 8. The van der Waals surface area contributed by atoms with Crippen LogP contribution in [0.3, 0.4) is 0 Å². The Morgan fingerprint density at radius 2 is 1.78 bits per heavy atom. The SMILES string of the molecule is C=C1N(CCC2(C)CC3CCCC(C3)C2)CCN1c1ccc2c(n1)N1CC(CCCNc3cccc(n3)SNC2=O)CC1(C)C. The fourth-order valence-electron chi connectivity index (χ4n) is 9.25. The highest BCUT2D eigenvalue weighted by Crippen LogP contribution is 2.50. The number of amides is 1. The Hall–Kier alpha value is -2.94. The van der Waals surface area contributed by atoms with Crippen LogP contribution in [0.15, 0.2) is 47.8 Å². The molecule has 45 heavy (non-hydrogen) atoms. The van der Waals surface area contributed by atoms with Gasteiger partial charge >= 0.3 is 0 Å². The zero-order chi connectivity index (χ0) is 31.2. The summed E-state index contributed by atoms with van der Waals surface area (Å²) in [5.41, 5.74) is 0.961. The minimum Gasteiger partial charge on any atom is -0.370 e. The van der Waals surface area contributed by atoms with Gasteiger partial charge in [-0.2, -0.15) is 0 Å². The monoisotopic (exact) mass is 629 g/mol. The van der Waals surface area contributed by atoms with E-state index in [2.05, 4.69) is 57.1 Å². The summed E-state index contributed by atoms with van der Waals surface area (Å²) in [6.45, 7) is 16.4. The molecule has 242 valence electrons. The third-order valence-corrected chi connectivity index (χ3v) is 12.1. The van der Waals surface area contributed by atoms with Crippen molar-refractivity contribution >= 4 is 35.3 Å². The van der Waals surface area contributed by atoms with Crippen LogP contribution < -0.4 is 19.8 Å². The second-order valence-electron chi connectivity index (χ2n) is 15.4. The van der Waals surface area contributed by atoms with Crippen molar-refractivity contribution in [1.82, 2.24) is 19.6 Å². The lowest BCUT2D eigenvalue weighted by molar-refractivity contribution is 0.0565. The topological polar surface area (TPSA) is 76.6 Å². The van der Waals surface area contributed by atoms with Gasteiger partial charge in [-0.1, -0.05) is 38.8 Å². The Morgan fingerprint density at radius 3 is 2.60 bits per heavy atom. The third kappa shape index (κ3) is 6.51. The van der Waals surface area contributed by atoms with Crippen LogP contribution in [0, 0.1) is 23.2 Å². The van der Waals surface area contributed by atoms with E-state index in [0.717, 1.165) is 92.1 Å². The number of hydrogen-bond acceptors (Lipinski definition) is 8. The van der Waals surface area contributed by atoms with E-state index in [1.807, 2.05) is 30.3 Å². The van der Waals surface area contributed by atoms with E-state index in [0.29, 0.717) is 16.9 Å². The van der Waals surface area contributed by atoms with Crippen LogP contribution >= 0.6 is 11.9 Å². The molecule has 8 nitrogen and oxygen atoms in total. The molecule has 3 unspecified atom stereocenters. The maximum absolute atomic E-state index is 13.7. The largest absolute Gasteiger partial charge is 0.370 e. The van der Waals surface area contributed by atoms with Crippen molar-refractivity contribution in [2.45, 2.75) is 95.5 Å². The van der Waals surface area contributed by atoms with Gasteiger partial charge < -0.3 is 20.0 Å². The van der Waals surface area contributed by atoms with Crippen LogP contribution in [0.4, 0.5) is 17.5 Å². The average molecular weight is 630 g/mol. The van der Waals surface area contributed by atoms with Gasteiger partial charge in [0.2, 0.25) is 0 Å². The highest BCUT2D eigenvalue weighted by Gasteiger charge is 2.42. The normalized spacial score (nSPS) is 29.8. The number of carbonyl (C=O) groups is 1. The first-order valence-electron chi connectivity index (χ1n) is 17.3. The summed E-state index contributed by atoms with van der Waals surface area (Å²) >= 11 is 1.26. The fraction of sp³-hybridized carbons (Fsp3) is 0.639. The molecule has 3 aliphatic heterocycles. The van der Waals surface area contributed by atoms with Gasteiger partial charge in [0.05, 0.1) is 5.56 Å². The van der Waals surface area contributed by atoms with Crippen LogP contribution in [0.25, 0.3) is 0 Å². The van der Waals surface area contributed by atoms with Gasteiger partial charge in [0.25, 0.3) is 5.91 Å². The molecule has 5 aliphatic rings. The van der Waals surface area contributed by atoms with Crippen molar-refractivity contribution in [1.29, 1.82) is 0 Å². The molecule has 2 aromatic heterocycles. The van der Waals surface area contributed by atoms with E-state index < -0.39 is 0 Å². The molecule has 5 heterocycles. The number of aromatic nitrogens is 2. The average Bonchev–Trinajstić information content (AvgIpc) is 3.53. The Bertz CT molecular complexity index is 1420. The molecular weight excluding hydrogens is 579 g/mol. The lowest BCUT2D eigenvalue weighted by Crippen LogP contribution is -2.40. The van der Waals surface area contributed by atoms with Gasteiger partial charge in [-0.15, -0.1) is 0 Å². The molecule has 2 saturated carbocycles. The summed E-state index contributed by atoms with van der Waals surface area (Å²) in [5.74, 6) is 5.83. The van der Waals surface area contributed by atoms with Crippen LogP contribution in [-0.4, -0.2) is 59.0 Å². The molecule has 7 rings (SSSR count). The lowest BCUT2D eigenvalue weighted by atomic mass is 9.60. The molecule has 0 radical (unpaired) electrons. The predicted molar refractivity (Wildman–Crippen MR) is 185 cm³/mol. The van der Waals surface area contributed by atoms with E-state index in [1.54, 1.807) is 0 Å². The van der Waals surface area contributed by atoms with Crippen molar-refractivity contribution in [2.24, 2.45) is 23.2 Å². The summed E-state index contributed by atoms with van der Waals surface area (Å²) in [7, 11) is 0. The molecule has 3 atom stereocenters. The minimum absolute atomic E-state index is 0.101. The van der Waals surface area contributed by atoms with Crippen molar-refractivity contribution < 1.29 is 4.79 Å². The molecule has 0 spiro atoms. The zero-order valence-electron chi connectivity index (χ0n) is 27.5. The van der Waals surface area contributed by atoms with Crippen molar-refractivity contribution in [3.63, 3.8) is 0 Å². The molecule has 2 N–H and O–H groups in total. The van der Waals surface area contributed by atoms with Crippen molar-refractivity contribution in [3.8, 4) is 0 Å². The molecule has 0 aromatic carbocycles. The quantitative estimate of drug-likeness (QED) is 0.341. The second kappa shape index (κ2) is 12.3. The van der Waals surface area contributed by atoms with Crippen molar-refractivity contribution in [2.75, 3.05) is 47.8 Å². The molecule has 2 aromatic rings. The van der Waals surface area contributed by atoms with Gasteiger partial charge in [0.1, 0.15) is 28.3 Å². The summed E-state index contributed by atoms with van der Waals surface area (Å²) in [5, 5.41) is 4.22. The number of nitrogens with one attached hydrogen (secondary N) is 2. The van der Waals surface area contributed by atoms with Crippen molar-refractivity contribution in [3.05, 3.63) is 48.3 Å². The van der Waals surface area contributed by atoms with Gasteiger partial charge in [-0.25, -0.2) is 9.97 Å². The highest BCUT2D eigenvalue weighted by atomic mass is 32.2. The molecule has 9 heteroatoms. The number of rotatable bonds is 4. The van der Waals surface area contributed by atoms with Crippen LogP contribution in [0.5, 0.6) is 0 Å². The smallest absolute Gasteiger partial charge is 0.265 e. The van der Waals surface area contributed by atoms with Crippen LogP contribution in [-0.2, 0) is 0 Å². The zero-order valence-corrected chi connectivity index (χ0v) is 28.3. The molecule has 6 bridgehead atoms. The Balaban J connectivity index is 1.11. The summed E-state index contributed by atoms with van der Waals surface area (Å²) in [4.78, 5) is 30.8. The number of hydrogen-bond donors (Lipinski definition) is 2.